The minimum atomic E-state index is -1.11. The van der Waals surface area contributed by atoms with E-state index in [0.717, 1.165) is 17.2 Å². The predicted octanol–water partition coefficient (Wildman–Crippen LogP) is 4.35. The maximum absolute atomic E-state index is 12.7. The fourth-order valence-electron chi connectivity index (χ4n) is 3.83. The number of rotatable bonds is 2. The predicted molar refractivity (Wildman–Crippen MR) is 101 cm³/mol. The van der Waals surface area contributed by atoms with Gasteiger partial charge in [0.2, 0.25) is 0 Å². The molecule has 136 valence electrons. The highest BCUT2D eigenvalue weighted by Crippen LogP contribution is 2.56. The lowest BCUT2D eigenvalue weighted by atomic mass is 9.78. The Labute approximate surface area is 160 Å². The zero-order valence-electron chi connectivity index (χ0n) is 14.7. The molecule has 5 rings (SSSR count). The van der Waals surface area contributed by atoms with Gasteiger partial charge in [0, 0.05) is 28.8 Å². The number of ether oxygens (including phenoxy) is 3. The van der Waals surface area contributed by atoms with Crippen LogP contribution < -0.4 is 9.47 Å². The van der Waals surface area contributed by atoms with Crippen molar-refractivity contribution in [3.8, 4) is 17.2 Å². The van der Waals surface area contributed by atoms with Crippen LogP contribution in [0.2, 0.25) is 0 Å². The zero-order chi connectivity index (χ0) is 19.3. The molecule has 5 heteroatoms. The summed E-state index contributed by atoms with van der Waals surface area (Å²) in [6.07, 6.45) is 1.09. The molecule has 0 saturated carbocycles. The van der Waals surface area contributed by atoms with Crippen LogP contribution in [0.4, 0.5) is 0 Å². The van der Waals surface area contributed by atoms with Crippen LogP contribution in [0.5, 0.6) is 17.2 Å². The minimum absolute atomic E-state index is 0.316. The van der Waals surface area contributed by atoms with Gasteiger partial charge in [-0.15, -0.1) is 0 Å². The van der Waals surface area contributed by atoms with Gasteiger partial charge >= 0.3 is 11.9 Å². The molecule has 5 nitrogen and oxygen atoms in total. The molecular formula is C23H14O5. The molecule has 0 N–H and O–H groups in total. The molecule has 3 aromatic rings. The summed E-state index contributed by atoms with van der Waals surface area (Å²) >= 11 is 0. The molecule has 0 saturated heterocycles. The molecule has 2 heterocycles. The second kappa shape index (κ2) is 5.82. The average molecular weight is 370 g/mol. The number of carbonyl (C=O) groups excluding carboxylic acids is 2. The van der Waals surface area contributed by atoms with E-state index in [2.05, 4.69) is 6.58 Å². The van der Waals surface area contributed by atoms with Crippen molar-refractivity contribution >= 4 is 11.9 Å². The maximum Gasteiger partial charge on any atom is 0.340 e. The number of para-hydroxylation sites is 1. The zero-order valence-corrected chi connectivity index (χ0v) is 14.7. The summed E-state index contributed by atoms with van der Waals surface area (Å²) < 4.78 is 17.3. The van der Waals surface area contributed by atoms with Gasteiger partial charge in [-0.3, -0.25) is 0 Å². The molecule has 3 aromatic carbocycles. The van der Waals surface area contributed by atoms with Crippen LogP contribution in [0.3, 0.4) is 0 Å². The number of carbonyl (C=O) groups is 2. The molecule has 0 bridgehead atoms. The summed E-state index contributed by atoms with van der Waals surface area (Å²) in [4.78, 5) is 24.2. The van der Waals surface area contributed by atoms with Gasteiger partial charge in [-0.05, 0) is 24.3 Å². The monoisotopic (exact) mass is 370 g/mol. The van der Waals surface area contributed by atoms with Gasteiger partial charge in [-0.1, -0.05) is 43.0 Å². The van der Waals surface area contributed by atoms with Crippen LogP contribution in [-0.2, 0) is 15.1 Å². The lowest BCUT2D eigenvalue weighted by Crippen LogP contribution is -2.32. The standard InChI is InChI=1S/C23H14O5/c1-2-21(24)26-14-11-12-18-20(13-14)27-19-10-6-5-9-17(19)23(18)16-8-4-3-7-15(16)22(25)28-23/h2-13H,1H2/t23-/m1/s1. The Hall–Kier alpha value is -3.86. The Morgan fingerprint density at radius 3 is 2.46 bits per heavy atom. The molecule has 28 heavy (non-hydrogen) atoms. The number of hydrogen-bond donors (Lipinski definition) is 0. The Morgan fingerprint density at radius 2 is 1.64 bits per heavy atom. The van der Waals surface area contributed by atoms with Crippen molar-refractivity contribution in [1.82, 2.24) is 0 Å². The summed E-state index contributed by atoms with van der Waals surface area (Å²) in [5.41, 5.74) is 1.58. The van der Waals surface area contributed by atoms with Gasteiger partial charge in [0.05, 0.1) is 5.56 Å². The topological polar surface area (TPSA) is 61.8 Å². The quantitative estimate of drug-likeness (QED) is 0.381. The van der Waals surface area contributed by atoms with Gasteiger partial charge in [-0.2, -0.15) is 0 Å². The van der Waals surface area contributed by atoms with E-state index in [1.807, 2.05) is 42.5 Å². The molecule has 0 aliphatic carbocycles. The number of fused-ring (bicyclic) bond motifs is 6. The number of esters is 2. The summed E-state index contributed by atoms with van der Waals surface area (Å²) in [6.45, 7) is 3.40. The summed E-state index contributed by atoms with van der Waals surface area (Å²) in [6, 6.07) is 19.8. The van der Waals surface area contributed by atoms with Crippen molar-refractivity contribution in [3.05, 3.63) is 102 Å². The summed E-state index contributed by atoms with van der Waals surface area (Å²) in [7, 11) is 0. The van der Waals surface area contributed by atoms with Crippen molar-refractivity contribution in [2.45, 2.75) is 5.60 Å². The van der Waals surface area contributed by atoms with Crippen LogP contribution in [0, 0.1) is 0 Å². The number of hydrogen-bond acceptors (Lipinski definition) is 5. The highest BCUT2D eigenvalue weighted by Gasteiger charge is 2.53. The lowest BCUT2D eigenvalue weighted by Gasteiger charge is -2.36. The molecule has 0 amide bonds. The van der Waals surface area contributed by atoms with E-state index >= 15 is 0 Å². The van der Waals surface area contributed by atoms with E-state index in [-0.39, 0.29) is 5.97 Å². The third kappa shape index (κ3) is 2.13. The maximum atomic E-state index is 12.7. The van der Waals surface area contributed by atoms with Gasteiger partial charge < -0.3 is 14.2 Å². The second-order valence-electron chi connectivity index (χ2n) is 6.50. The van der Waals surface area contributed by atoms with E-state index in [4.69, 9.17) is 14.2 Å². The van der Waals surface area contributed by atoms with E-state index < -0.39 is 11.6 Å². The molecule has 2 aliphatic rings. The Morgan fingerprint density at radius 1 is 0.929 bits per heavy atom. The summed E-state index contributed by atoms with van der Waals surface area (Å²) in [5, 5.41) is 0. The first-order valence-corrected chi connectivity index (χ1v) is 8.72. The second-order valence-corrected chi connectivity index (χ2v) is 6.50. The van der Waals surface area contributed by atoms with Gasteiger partial charge in [0.1, 0.15) is 17.2 Å². The van der Waals surface area contributed by atoms with Crippen molar-refractivity contribution in [1.29, 1.82) is 0 Å². The smallest absolute Gasteiger partial charge is 0.340 e. The average Bonchev–Trinajstić information content (AvgIpc) is 3.01. The first kappa shape index (κ1) is 16.3. The van der Waals surface area contributed by atoms with E-state index in [1.165, 1.54) is 0 Å². The Balaban J connectivity index is 1.77. The highest BCUT2D eigenvalue weighted by molar-refractivity contribution is 5.97. The number of benzene rings is 3. The lowest BCUT2D eigenvalue weighted by molar-refractivity contribution is -0.128. The van der Waals surface area contributed by atoms with Crippen LogP contribution in [-0.4, -0.2) is 11.9 Å². The normalized spacial score (nSPS) is 18.4. The van der Waals surface area contributed by atoms with E-state index in [1.54, 1.807) is 24.3 Å². The molecule has 2 aliphatic heterocycles. The summed E-state index contributed by atoms with van der Waals surface area (Å²) in [5.74, 6) is 0.393. The van der Waals surface area contributed by atoms with Crippen LogP contribution in [0.15, 0.2) is 79.4 Å². The molecule has 0 fully saturated rings. The third-order valence-corrected chi connectivity index (χ3v) is 4.98. The Bertz CT molecular complexity index is 1160. The van der Waals surface area contributed by atoms with E-state index in [0.29, 0.717) is 28.4 Å². The first-order chi connectivity index (χ1) is 13.6. The van der Waals surface area contributed by atoms with E-state index in [9.17, 15) is 9.59 Å². The van der Waals surface area contributed by atoms with Crippen LogP contribution >= 0.6 is 0 Å². The molecule has 0 unspecified atom stereocenters. The molecular weight excluding hydrogens is 356 g/mol. The Kier molecular flexibility index (Phi) is 3.39. The molecule has 1 spiro atoms. The van der Waals surface area contributed by atoms with Gasteiger partial charge in [0.25, 0.3) is 0 Å². The van der Waals surface area contributed by atoms with Crippen molar-refractivity contribution < 1.29 is 23.8 Å². The highest BCUT2D eigenvalue weighted by atomic mass is 16.6. The fraction of sp³-hybridized carbons (Fsp3) is 0.0435. The van der Waals surface area contributed by atoms with Crippen LogP contribution in [0.25, 0.3) is 0 Å². The SMILES string of the molecule is C=CC(=O)Oc1ccc2c(c1)Oc1ccccc1[C@@]21OC(=O)c2ccccc21. The van der Waals surface area contributed by atoms with Crippen molar-refractivity contribution in [2.75, 3.05) is 0 Å². The molecule has 0 radical (unpaired) electrons. The molecule has 1 atom stereocenters. The third-order valence-electron chi connectivity index (χ3n) is 4.98. The van der Waals surface area contributed by atoms with Crippen molar-refractivity contribution in [3.63, 3.8) is 0 Å². The largest absolute Gasteiger partial charge is 0.456 e. The van der Waals surface area contributed by atoms with Gasteiger partial charge in [0.15, 0.2) is 5.60 Å². The fourth-order valence-corrected chi connectivity index (χ4v) is 3.83. The van der Waals surface area contributed by atoms with Crippen LogP contribution in [0.1, 0.15) is 27.0 Å². The first-order valence-electron chi connectivity index (χ1n) is 8.72. The minimum Gasteiger partial charge on any atom is -0.456 e. The van der Waals surface area contributed by atoms with Gasteiger partial charge in [-0.25, -0.2) is 9.59 Å². The van der Waals surface area contributed by atoms with Crippen molar-refractivity contribution in [2.24, 2.45) is 0 Å². The molecule has 0 aromatic heterocycles.